The lowest BCUT2D eigenvalue weighted by Gasteiger charge is -2.03. The Labute approximate surface area is 52.2 Å². The highest BCUT2D eigenvalue weighted by atomic mass is 32.1. The Bertz CT molecular complexity index is 42.7. The first-order valence-electron chi connectivity index (χ1n) is 2.53. The van der Waals surface area contributed by atoms with Gasteiger partial charge in [0.1, 0.15) is 0 Å². The number of thiol groups is 1. The molecule has 0 N–H and O–H groups in total. The molecule has 44 valence electrons. The molecule has 0 rings (SSSR count). The van der Waals surface area contributed by atoms with Gasteiger partial charge in [0.05, 0.1) is 0 Å². The summed E-state index contributed by atoms with van der Waals surface area (Å²) >= 11 is 4.09. The van der Waals surface area contributed by atoms with Gasteiger partial charge in [-0.15, -0.1) is 0 Å². The lowest BCUT2D eigenvalue weighted by molar-refractivity contribution is 0.350. The number of hydrogen-bond acceptors (Lipinski definition) is 2. The second-order valence-corrected chi connectivity index (χ2v) is 4.86. The van der Waals surface area contributed by atoms with Crippen molar-refractivity contribution in [3.8, 4) is 0 Å². The third kappa shape index (κ3) is 4.38. The van der Waals surface area contributed by atoms with Crippen LogP contribution in [0.25, 0.3) is 0 Å². The molecule has 0 saturated carbocycles. The van der Waals surface area contributed by atoms with Gasteiger partial charge in [-0.3, -0.25) is 0 Å². The van der Waals surface area contributed by atoms with E-state index in [9.17, 15) is 0 Å². The summed E-state index contributed by atoms with van der Waals surface area (Å²) in [6.07, 6.45) is 0. The van der Waals surface area contributed by atoms with E-state index in [4.69, 9.17) is 4.43 Å². The van der Waals surface area contributed by atoms with Crippen molar-refractivity contribution < 1.29 is 4.43 Å². The van der Waals surface area contributed by atoms with Crippen molar-refractivity contribution in [1.29, 1.82) is 0 Å². The molecule has 0 aromatic heterocycles. The van der Waals surface area contributed by atoms with Gasteiger partial charge in [-0.25, -0.2) is 0 Å². The second kappa shape index (κ2) is 4.68. The Morgan fingerprint density at radius 3 is 2.43 bits per heavy atom. The number of hydrogen-bond donors (Lipinski definition) is 1. The molecular weight excluding hydrogens is 124 g/mol. The van der Waals surface area contributed by atoms with Crippen LogP contribution in [-0.4, -0.2) is 21.0 Å². The van der Waals surface area contributed by atoms with Crippen molar-refractivity contribution in [2.75, 3.05) is 12.0 Å². The molecule has 3 heteroatoms. The average molecular weight is 136 g/mol. The van der Waals surface area contributed by atoms with Crippen molar-refractivity contribution in [3.05, 3.63) is 0 Å². The van der Waals surface area contributed by atoms with Crippen LogP contribution in [0.2, 0.25) is 6.55 Å². The molecule has 0 heterocycles. The first-order valence-corrected chi connectivity index (χ1v) is 5.61. The Hall–Kier alpha value is 0.527. The molecule has 0 aliphatic carbocycles. The van der Waals surface area contributed by atoms with Gasteiger partial charge in [0.2, 0.25) is 0 Å². The SMILES string of the molecule is CCO[SiH](C)CS. The van der Waals surface area contributed by atoms with Gasteiger partial charge in [0.15, 0.2) is 9.04 Å². The van der Waals surface area contributed by atoms with E-state index in [-0.39, 0.29) is 0 Å². The van der Waals surface area contributed by atoms with Gasteiger partial charge >= 0.3 is 0 Å². The van der Waals surface area contributed by atoms with E-state index in [0.717, 1.165) is 12.0 Å². The van der Waals surface area contributed by atoms with Gasteiger partial charge in [-0.1, -0.05) is 0 Å². The fourth-order valence-electron chi connectivity index (χ4n) is 0.337. The predicted octanol–water partition coefficient (Wildman–Crippen LogP) is 0.845. The molecule has 0 aromatic rings. The summed E-state index contributed by atoms with van der Waals surface area (Å²) in [5.74, 6) is 0. The molecule has 0 saturated heterocycles. The maximum Gasteiger partial charge on any atom is 0.183 e. The molecular formula is C4H12OSSi. The summed E-state index contributed by atoms with van der Waals surface area (Å²) in [7, 11) is -0.817. The normalized spacial score (nSPS) is 14.1. The highest BCUT2D eigenvalue weighted by molar-refractivity contribution is 7.81. The summed E-state index contributed by atoms with van der Waals surface area (Å²) in [5.41, 5.74) is 0. The molecule has 1 atom stereocenters. The molecule has 0 aliphatic rings. The van der Waals surface area contributed by atoms with E-state index >= 15 is 0 Å². The van der Waals surface area contributed by atoms with Crippen LogP contribution in [-0.2, 0) is 4.43 Å². The van der Waals surface area contributed by atoms with Crippen LogP contribution in [0.5, 0.6) is 0 Å². The van der Waals surface area contributed by atoms with Crippen LogP contribution >= 0.6 is 12.6 Å². The lowest BCUT2D eigenvalue weighted by atomic mass is 10.9. The minimum Gasteiger partial charge on any atom is -0.420 e. The van der Waals surface area contributed by atoms with E-state index in [1.54, 1.807) is 0 Å². The van der Waals surface area contributed by atoms with Crippen LogP contribution in [0.4, 0.5) is 0 Å². The maximum atomic E-state index is 5.25. The average Bonchev–Trinajstić information content (AvgIpc) is 1.68. The zero-order valence-corrected chi connectivity index (χ0v) is 6.90. The molecule has 0 aromatic carbocycles. The van der Waals surface area contributed by atoms with Crippen LogP contribution < -0.4 is 0 Å². The summed E-state index contributed by atoms with van der Waals surface area (Å²) in [4.78, 5) is 0. The van der Waals surface area contributed by atoms with Gasteiger partial charge in [-0.05, 0) is 13.5 Å². The lowest BCUT2D eigenvalue weighted by Crippen LogP contribution is -2.14. The Balaban J connectivity index is 2.83. The van der Waals surface area contributed by atoms with Crippen molar-refractivity contribution in [3.63, 3.8) is 0 Å². The predicted molar refractivity (Wildman–Crippen MR) is 38.5 cm³/mol. The topological polar surface area (TPSA) is 9.23 Å². The number of rotatable bonds is 3. The summed E-state index contributed by atoms with van der Waals surface area (Å²) < 4.78 is 5.25. The van der Waals surface area contributed by atoms with Crippen molar-refractivity contribution >= 4 is 21.7 Å². The minimum atomic E-state index is -0.817. The molecule has 0 spiro atoms. The third-order valence-electron chi connectivity index (χ3n) is 0.708. The van der Waals surface area contributed by atoms with Gasteiger partial charge in [0.25, 0.3) is 0 Å². The molecule has 0 bridgehead atoms. The second-order valence-electron chi connectivity index (χ2n) is 1.45. The Morgan fingerprint density at radius 2 is 2.29 bits per heavy atom. The standard InChI is InChI=1S/C4H12OSSi/c1-3-5-7(2)4-6/h6-7H,3-4H2,1-2H3. The molecule has 0 fully saturated rings. The summed E-state index contributed by atoms with van der Waals surface area (Å²) in [6, 6.07) is 0. The van der Waals surface area contributed by atoms with Crippen LogP contribution in [0.15, 0.2) is 0 Å². The summed E-state index contributed by atoms with van der Waals surface area (Å²) in [5, 5.41) is 0.952. The fraction of sp³-hybridized carbons (Fsp3) is 1.00. The van der Waals surface area contributed by atoms with Crippen molar-refractivity contribution in [2.45, 2.75) is 13.5 Å². The molecule has 7 heavy (non-hydrogen) atoms. The first kappa shape index (κ1) is 7.53. The highest BCUT2D eigenvalue weighted by Crippen LogP contribution is 1.86. The van der Waals surface area contributed by atoms with E-state index in [2.05, 4.69) is 19.2 Å². The monoisotopic (exact) mass is 136 g/mol. The molecule has 0 radical (unpaired) electrons. The molecule has 1 unspecified atom stereocenters. The zero-order valence-electron chi connectivity index (χ0n) is 4.85. The smallest absolute Gasteiger partial charge is 0.183 e. The van der Waals surface area contributed by atoms with Crippen LogP contribution in [0.3, 0.4) is 0 Å². The van der Waals surface area contributed by atoms with Crippen LogP contribution in [0, 0.1) is 0 Å². The van der Waals surface area contributed by atoms with Crippen LogP contribution in [0.1, 0.15) is 6.92 Å². The van der Waals surface area contributed by atoms with Crippen molar-refractivity contribution in [2.24, 2.45) is 0 Å². The van der Waals surface area contributed by atoms with E-state index in [1.165, 1.54) is 0 Å². The van der Waals surface area contributed by atoms with Gasteiger partial charge in [0, 0.05) is 12.0 Å². The molecule has 0 aliphatic heterocycles. The van der Waals surface area contributed by atoms with Gasteiger partial charge < -0.3 is 4.43 Å². The first-order chi connectivity index (χ1) is 3.31. The summed E-state index contributed by atoms with van der Waals surface area (Å²) in [6.45, 7) is 5.03. The maximum absolute atomic E-state index is 5.25. The highest BCUT2D eigenvalue weighted by Gasteiger charge is 1.96. The van der Waals surface area contributed by atoms with Crippen molar-refractivity contribution in [1.82, 2.24) is 0 Å². The van der Waals surface area contributed by atoms with Gasteiger partial charge in [-0.2, -0.15) is 12.6 Å². The Kier molecular flexibility index (Phi) is 5.03. The molecule has 1 nitrogen and oxygen atoms in total. The quantitative estimate of drug-likeness (QED) is 0.447. The fourth-order valence-corrected chi connectivity index (χ4v) is 1.33. The third-order valence-corrected chi connectivity index (χ3v) is 3.67. The van der Waals surface area contributed by atoms with E-state index in [0.29, 0.717) is 0 Å². The molecule has 0 amide bonds. The van der Waals surface area contributed by atoms with E-state index < -0.39 is 9.04 Å². The minimum absolute atomic E-state index is 0.817. The van der Waals surface area contributed by atoms with E-state index in [1.807, 2.05) is 6.92 Å². The largest absolute Gasteiger partial charge is 0.420 e. The Morgan fingerprint density at radius 1 is 1.71 bits per heavy atom. The zero-order chi connectivity index (χ0) is 5.70.